The number of likely N-dealkylation sites (tertiary alicyclic amines) is 1. The van der Waals surface area contributed by atoms with Crippen molar-refractivity contribution in [3.05, 3.63) is 11.8 Å². The van der Waals surface area contributed by atoms with Crippen molar-refractivity contribution in [2.24, 2.45) is 0 Å². The van der Waals surface area contributed by atoms with Gasteiger partial charge in [-0.2, -0.15) is 18.3 Å². The van der Waals surface area contributed by atoms with Crippen LogP contribution < -0.4 is 5.32 Å². The van der Waals surface area contributed by atoms with Crippen LogP contribution in [0.2, 0.25) is 0 Å². The zero-order valence-electron chi connectivity index (χ0n) is 13.6. The Bertz CT molecular complexity index is 616. The van der Waals surface area contributed by atoms with E-state index in [1.165, 1.54) is 7.11 Å². The molecule has 6 nitrogen and oxygen atoms in total. The summed E-state index contributed by atoms with van der Waals surface area (Å²) in [5.41, 5.74) is 0.503. The highest BCUT2D eigenvalue weighted by Crippen LogP contribution is 2.41. The summed E-state index contributed by atoms with van der Waals surface area (Å²) in [6, 6.07) is -0.584. The number of amides is 1. The lowest BCUT2D eigenvalue weighted by Gasteiger charge is -2.31. The summed E-state index contributed by atoms with van der Waals surface area (Å²) in [5.74, 6) is 0.191. The molecule has 0 saturated carbocycles. The summed E-state index contributed by atoms with van der Waals surface area (Å²) in [6.07, 6.45) is -2.92. The fourth-order valence-electron chi connectivity index (χ4n) is 3.52. The second-order valence-corrected chi connectivity index (χ2v) is 6.42. The van der Waals surface area contributed by atoms with Crippen LogP contribution in [0, 0.1) is 0 Å². The molecule has 0 spiro atoms. The minimum Gasteiger partial charge on any atom is -0.375 e. The van der Waals surface area contributed by atoms with Crippen LogP contribution in [0.5, 0.6) is 0 Å². The highest BCUT2D eigenvalue weighted by atomic mass is 19.4. The first-order chi connectivity index (χ1) is 11.3. The van der Waals surface area contributed by atoms with Crippen LogP contribution in [0.4, 0.5) is 19.0 Å². The van der Waals surface area contributed by atoms with Crippen molar-refractivity contribution in [2.45, 2.75) is 50.5 Å². The highest BCUT2D eigenvalue weighted by Gasteiger charge is 2.46. The lowest BCUT2D eigenvalue weighted by atomic mass is 10.1. The number of nitrogens with one attached hydrogen (secondary N) is 1. The summed E-state index contributed by atoms with van der Waals surface area (Å²) < 4.78 is 45.8. The van der Waals surface area contributed by atoms with Crippen molar-refractivity contribution < 1.29 is 22.7 Å². The minimum atomic E-state index is -4.35. The predicted octanol–water partition coefficient (Wildman–Crippen LogP) is 2.50. The smallest absolute Gasteiger partial charge is 0.375 e. The molecule has 2 aliphatic heterocycles. The van der Waals surface area contributed by atoms with E-state index in [2.05, 4.69) is 10.4 Å². The summed E-state index contributed by atoms with van der Waals surface area (Å²) >= 11 is 0. The minimum absolute atomic E-state index is 0.0372. The molecule has 3 heterocycles. The lowest BCUT2D eigenvalue weighted by Crippen LogP contribution is -2.38. The number of carbonyl (C=O) groups is 1. The molecule has 1 fully saturated rings. The number of nitrogens with zero attached hydrogens (tertiary/aromatic N) is 3. The number of methoxy groups -OCH3 is 1. The van der Waals surface area contributed by atoms with E-state index in [-0.39, 0.29) is 31.0 Å². The van der Waals surface area contributed by atoms with Crippen molar-refractivity contribution in [3.63, 3.8) is 0 Å². The maximum absolute atomic E-state index is 13.3. The van der Waals surface area contributed by atoms with E-state index in [4.69, 9.17) is 4.74 Å². The topological polar surface area (TPSA) is 59.4 Å². The monoisotopic (exact) mass is 346 g/mol. The number of halogens is 3. The van der Waals surface area contributed by atoms with Crippen molar-refractivity contribution in [3.8, 4) is 0 Å². The maximum Gasteiger partial charge on any atom is 0.410 e. The largest absolute Gasteiger partial charge is 0.410 e. The Hall–Kier alpha value is -1.77. The van der Waals surface area contributed by atoms with Crippen LogP contribution >= 0.6 is 0 Å². The van der Waals surface area contributed by atoms with Gasteiger partial charge in [0.15, 0.2) is 6.04 Å². The van der Waals surface area contributed by atoms with Gasteiger partial charge in [-0.3, -0.25) is 4.79 Å². The zero-order chi connectivity index (χ0) is 17.5. The third-order valence-corrected chi connectivity index (χ3v) is 4.58. The number of ether oxygens (including phenoxy) is 1. The van der Waals surface area contributed by atoms with Gasteiger partial charge < -0.3 is 15.0 Å². The first kappa shape index (κ1) is 17.1. The molecule has 3 rings (SSSR count). The molecule has 2 aliphatic rings. The van der Waals surface area contributed by atoms with Crippen LogP contribution in [-0.2, 0) is 9.53 Å². The molecule has 0 aromatic carbocycles. The van der Waals surface area contributed by atoms with Gasteiger partial charge >= 0.3 is 6.18 Å². The highest BCUT2D eigenvalue weighted by molar-refractivity contribution is 5.78. The van der Waals surface area contributed by atoms with E-state index >= 15 is 0 Å². The SMILES string of the molecule is COCC(=O)N1CCCC1c1cc2n(n1)[C@@H](C(F)(F)F)C[C@@H](C)N2. The number of alkyl halides is 3. The van der Waals surface area contributed by atoms with E-state index in [1.807, 2.05) is 0 Å². The van der Waals surface area contributed by atoms with E-state index in [9.17, 15) is 18.0 Å². The molecule has 1 N–H and O–H groups in total. The molecule has 0 radical (unpaired) electrons. The molecular weight excluding hydrogens is 325 g/mol. The molecule has 1 amide bonds. The van der Waals surface area contributed by atoms with Crippen LogP contribution in [0.25, 0.3) is 0 Å². The van der Waals surface area contributed by atoms with Gasteiger partial charge in [-0.1, -0.05) is 0 Å². The number of hydrogen-bond acceptors (Lipinski definition) is 4. The van der Waals surface area contributed by atoms with Gasteiger partial charge in [0.25, 0.3) is 0 Å². The van der Waals surface area contributed by atoms with E-state index in [0.29, 0.717) is 24.5 Å². The van der Waals surface area contributed by atoms with Gasteiger partial charge in [0, 0.05) is 25.8 Å². The van der Waals surface area contributed by atoms with Gasteiger partial charge in [0.2, 0.25) is 5.91 Å². The number of fused-ring (bicyclic) bond motifs is 1. The third-order valence-electron chi connectivity index (χ3n) is 4.58. The second kappa shape index (κ2) is 6.27. The summed E-state index contributed by atoms with van der Waals surface area (Å²) in [7, 11) is 1.44. The molecule has 1 aromatic rings. The normalized spacial score (nSPS) is 27.0. The fourth-order valence-corrected chi connectivity index (χ4v) is 3.52. The Labute approximate surface area is 137 Å². The molecule has 1 unspecified atom stereocenters. The molecule has 134 valence electrons. The van der Waals surface area contributed by atoms with Crippen molar-refractivity contribution in [1.82, 2.24) is 14.7 Å². The van der Waals surface area contributed by atoms with Gasteiger partial charge in [-0.05, 0) is 26.2 Å². The Morgan fingerprint density at radius 1 is 1.50 bits per heavy atom. The lowest BCUT2D eigenvalue weighted by molar-refractivity contribution is -0.173. The number of rotatable bonds is 3. The fraction of sp³-hybridized carbons (Fsp3) is 0.733. The van der Waals surface area contributed by atoms with Gasteiger partial charge in [-0.25, -0.2) is 4.68 Å². The van der Waals surface area contributed by atoms with Gasteiger partial charge in [0.05, 0.1) is 11.7 Å². The van der Waals surface area contributed by atoms with E-state index in [1.54, 1.807) is 17.9 Å². The standard InChI is InChI=1S/C15H21F3N4O2/c1-9-6-12(15(16,17)18)22-13(19-9)7-10(20-22)11-4-3-5-21(11)14(23)8-24-2/h7,9,11-12,19H,3-6,8H2,1-2H3/t9-,11?,12-/m1/s1. The van der Waals surface area contributed by atoms with Crippen LogP contribution in [0.1, 0.15) is 44.0 Å². The Morgan fingerprint density at radius 3 is 2.92 bits per heavy atom. The summed E-state index contributed by atoms with van der Waals surface area (Å²) in [4.78, 5) is 13.8. The molecule has 3 atom stereocenters. The average molecular weight is 346 g/mol. The van der Waals surface area contributed by atoms with Gasteiger partial charge in [-0.15, -0.1) is 0 Å². The van der Waals surface area contributed by atoms with E-state index in [0.717, 1.165) is 11.1 Å². The number of hydrogen-bond donors (Lipinski definition) is 1. The van der Waals surface area contributed by atoms with Crippen molar-refractivity contribution in [1.29, 1.82) is 0 Å². The van der Waals surface area contributed by atoms with Crippen molar-refractivity contribution >= 4 is 11.7 Å². The van der Waals surface area contributed by atoms with Gasteiger partial charge in [0.1, 0.15) is 12.4 Å². The zero-order valence-corrected chi connectivity index (χ0v) is 13.6. The number of anilines is 1. The molecule has 0 aliphatic carbocycles. The third kappa shape index (κ3) is 3.09. The summed E-state index contributed by atoms with van der Waals surface area (Å²) in [6.45, 7) is 2.25. The first-order valence-electron chi connectivity index (χ1n) is 8.02. The second-order valence-electron chi connectivity index (χ2n) is 6.42. The van der Waals surface area contributed by atoms with Crippen LogP contribution in [0.3, 0.4) is 0 Å². The van der Waals surface area contributed by atoms with Crippen LogP contribution in [-0.4, -0.2) is 53.1 Å². The molecule has 0 bridgehead atoms. The molecule has 9 heteroatoms. The molecule has 1 aromatic heterocycles. The summed E-state index contributed by atoms with van der Waals surface area (Å²) in [5, 5.41) is 7.25. The van der Waals surface area contributed by atoms with Crippen molar-refractivity contribution in [2.75, 3.05) is 25.6 Å². The number of aromatic nitrogens is 2. The molecular formula is C15H21F3N4O2. The average Bonchev–Trinajstić information content (AvgIpc) is 3.11. The molecule has 24 heavy (non-hydrogen) atoms. The first-order valence-corrected chi connectivity index (χ1v) is 8.02. The Balaban J connectivity index is 1.90. The maximum atomic E-state index is 13.3. The van der Waals surface area contributed by atoms with E-state index < -0.39 is 12.2 Å². The Kier molecular flexibility index (Phi) is 4.46. The number of carbonyl (C=O) groups excluding carboxylic acids is 1. The Morgan fingerprint density at radius 2 is 2.25 bits per heavy atom. The quantitative estimate of drug-likeness (QED) is 0.914. The predicted molar refractivity (Wildman–Crippen MR) is 80.6 cm³/mol. The molecule has 1 saturated heterocycles. The van der Waals surface area contributed by atoms with Crippen LogP contribution in [0.15, 0.2) is 6.07 Å².